The van der Waals surface area contributed by atoms with Crippen LogP contribution in [0.5, 0.6) is 11.5 Å². The summed E-state index contributed by atoms with van der Waals surface area (Å²) >= 11 is 0. The number of hydrogen-bond acceptors (Lipinski definition) is 5. The van der Waals surface area contributed by atoms with Crippen LogP contribution in [-0.2, 0) is 9.59 Å². The van der Waals surface area contributed by atoms with Crippen molar-refractivity contribution in [1.82, 2.24) is 0 Å². The largest absolute Gasteiger partial charge is 0.423 e. The second-order valence-corrected chi connectivity index (χ2v) is 12.6. The number of benzene rings is 7. The number of esters is 2. The molecule has 7 rings (SSSR count). The molecule has 0 saturated heterocycles. The molecule has 0 aliphatic rings. The molecule has 55 heavy (non-hydrogen) atoms. The number of carbonyl (C=O) groups is 2. The van der Waals surface area contributed by atoms with Gasteiger partial charge in [0.15, 0.2) is 0 Å². The topological polar surface area (TPSA) is 55.8 Å². The van der Waals surface area contributed by atoms with Crippen molar-refractivity contribution in [1.29, 1.82) is 0 Å². The summed E-state index contributed by atoms with van der Waals surface area (Å²) in [7, 11) is 0. The highest BCUT2D eigenvalue weighted by molar-refractivity contribution is 5.92. The molecule has 0 heterocycles. The second-order valence-electron chi connectivity index (χ2n) is 12.6. The first-order valence-electron chi connectivity index (χ1n) is 17.8. The maximum absolute atomic E-state index is 11.8. The number of hydrogen-bond donors (Lipinski definition) is 0. The van der Waals surface area contributed by atoms with Gasteiger partial charge in [-0.2, -0.15) is 0 Å². The molecular weight excluding hydrogens is 679 g/mol. The van der Waals surface area contributed by atoms with Crippen molar-refractivity contribution >= 4 is 40.6 Å². The van der Waals surface area contributed by atoms with E-state index in [1.807, 2.05) is 36.4 Å². The molecule has 7 aromatic rings. The Morgan fingerprint density at radius 2 is 0.764 bits per heavy atom. The van der Waals surface area contributed by atoms with Gasteiger partial charge in [0.05, 0.1) is 0 Å². The van der Waals surface area contributed by atoms with Crippen molar-refractivity contribution in [2.75, 3.05) is 4.90 Å². The quantitative estimate of drug-likeness (QED) is 0.0545. The van der Waals surface area contributed by atoms with E-state index >= 15 is 0 Å². The SMILES string of the molecule is C=CC(=O)Oc1ccc(C(=Cc2ccc(N(c3ccc(-c4ccccc4)cc3)c3ccc(-c4ccccc4)cc3)cc2)c2ccc(OC(=O)C=C)cc2)cc1. The smallest absolute Gasteiger partial charge is 0.335 e. The molecule has 7 aromatic carbocycles. The summed E-state index contributed by atoms with van der Waals surface area (Å²) in [5.74, 6) is -0.223. The van der Waals surface area contributed by atoms with Crippen molar-refractivity contribution in [3.05, 3.63) is 224 Å². The molecule has 0 amide bonds. The van der Waals surface area contributed by atoms with E-state index in [1.165, 1.54) is 11.1 Å². The zero-order valence-corrected chi connectivity index (χ0v) is 30.0. The van der Waals surface area contributed by atoms with Crippen LogP contribution >= 0.6 is 0 Å². The Kier molecular flexibility index (Phi) is 11.0. The van der Waals surface area contributed by atoms with Gasteiger partial charge in [-0.15, -0.1) is 0 Å². The van der Waals surface area contributed by atoms with Crippen molar-refractivity contribution in [2.45, 2.75) is 0 Å². The number of nitrogens with zero attached hydrogens (tertiary/aromatic N) is 1. The molecule has 5 heteroatoms. The fraction of sp³-hybridized carbons (Fsp3) is 0. The molecule has 5 nitrogen and oxygen atoms in total. The van der Waals surface area contributed by atoms with E-state index < -0.39 is 11.9 Å². The average molecular weight is 716 g/mol. The standard InChI is InChI=1S/C50H37NO4/c1-3-49(52)54-46-31-21-41(22-32-46)48(42-23-33-47(34-24-42)55-50(53)4-2)35-36-15-25-43(26-16-36)51(44-27-17-39(18-28-44)37-11-7-5-8-12-37)45-29-19-40(20-30-45)38-13-9-6-10-14-38/h3-35H,1-2H2. The molecule has 266 valence electrons. The van der Waals surface area contributed by atoms with E-state index in [-0.39, 0.29) is 0 Å². The fourth-order valence-electron chi connectivity index (χ4n) is 6.25. The minimum Gasteiger partial charge on any atom is -0.423 e. The van der Waals surface area contributed by atoms with Crippen LogP contribution in [0.15, 0.2) is 207 Å². The number of carbonyl (C=O) groups excluding carboxylic acids is 2. The van der Waals surface area contributed by atoms with Gasteiger partial charge >= 0.3 is 11.9 Å². The van der Waals surface area contributed by atoms with Gasteiger partial charge in [0.25, 0.3) is 0 Å². The number of anilines is 3. The monoisotopic (exact) mass is 715 g/mol. The van der Waals surface area contributed by atoms with Gasteiger partial charge < -0.3 is 14.4 Å². The van der Waals surface area contributed by atoms with Crippen molar-refractivity contribution in [3.8, 4) is 33.8 Å². The minimum absolute atomic E-state index is 0.415. The highest BCUT2D eigenvalue weighted by Gasteiger charge is 2.14. The molecule has 0 N–H and O–H groups in total. The molecule has 0 aliphatic carbocycles. The zero-order chi connectivity index (χ0) is 38.0. The Morgan fingerprint density at radius 1 is 0.418 bits per heavy atom. The highest BCUT2D eigenvalue weighted by Crippen LogP contribution is 2.37. The van der Waals surface area contributed by atoms with Gasteiger partial charge in [0, 0.05) is 29.2 Å². The molecule has 0 aromatic heterocycles. The van der Waals surface area contributed by atoms with E-state index in [0.717, 1.165) is 62.6 Å². The lowest BCUT2D eigenvalue weighted by Gasteiger charge is -2.26. The molecule has 0 fully saturated rings. The van der Waals surface area contributed by atoms with Gasteiger partial charge in [-0.3, -0.25) is 0 Å². The van der Waals surface area contributed by atoms with E-state index in [2.05, 4.69) is 145 Å². The summed E-state index contributed by atoms with van der Waals surface area (Å²) in [6.45, 7) is 6.95. The van der Waals surface area contributed by atoms with Crippen LogP contribution in [-0.4, -0.2) is 11.9 Å². The normalized spacial score (nSPS) is 10.5. The van der Waals surface area contributed by atoms with Crippen molar-refractivity contribution < 1.29 is 19.1 Å². The second kappa shape index (κ2) is 16.9. The lowest BCUT2D eigenvalue weighted by atomic mass is 9.95. The van der Waals surface area contributed by atoms with E-state index in [1.54, 1.807) is 24.3 Å². The lowest BCUT2D eigenvalue weighted by molar-refractivity contribution is -0.129. The van der Waals surface area contributed by atoms with Gasteiger partial charge in [0.2, 0.25) is 0 Å². The Bertz CT molecular complexity index is 2280. The Hall–Kier alpha value is -7.50. The third kappa shape index (κ3) is 8.76. The Balaban J connectivity index is 1.25. The Labute approximate surface area is 321 Å². The van der Waals surface area contributed by atoms with Crippen LogP contribution < -0.4 is 14.4 Å². The van der Waals surface area contributed by atoms with Crippen LogP contribution in [0.25, 0.3) is 33.9 Å². The summed E-state index contributed by atoms with van der Waals surface area (Å²) < 4.78 is 10.6. The highest BCUT2D eigenvalue weighted by atomic mass is 16.5. The molecule has 0 saturated carbocycles. The molecule has 0 aliphatic heterocycles. The number of ether oxygens (including phenoxy) is 2. The van der Waals surface area contributed by atoms with Crippen LogP contribution in [0.1, 0.15) is 16.7 Å². The van der Waals surface area contributed by atoms with Crippen LogP contribution in [0.3, 0.4) is 0 Å². The zero-order valence-electron chi connectivity index (χ0n) is 30.0. The van der Waals surface area contributed by atoms with Gasteiger partial charge in [0.1, 0.15) is 11.5 Å². The van der Waals surface area contributed by atoms with Gasteiger partial charge in [-0.1, -0.05) is 134 Å². The first kappa shape index (κ1) is 35.9. The summed E-state index contributed by atoms with van der Waals surface area (Å²) in [6, 6.07) is 61.0. The predicted octanol–water partition coefficient (Wildman–Crippen LogP) is 12.3. The van der Waals surface area contributed by atoms with Crippen molar-refractivity contribution in [2.24, 2.45) is 0 Å². The molecule has 0 bridgehead atoms. The maximum atomic E-state index is 11.8. The number of rotatable bonds is 12. The average Bonchev–Trinajstić information content (AvgIpc) is 3.25. The van der Waals surface area contributed by atoms with E-state index in [0.29, 0.717) is 11.5 Å². The maximum Gasteiger partial charge on any atom is 0.335 e. The van der Waals surface area contributed by atoms with E-state index in [4.69, 9.17) is 9.47 Å². The molecular formula is C50H37NO4. The fourth-order valence-corrected chi connectivity index (χ4v) is 6.25. The third-order valence-electron chi connectivity index (χ3n) is 9.03. The summed E-state index contributed by atoms with van der Waals surface area (Å²) in [4.78, 5) is 25.9. The lowest BCUT2D eigenvalue weighted by Crippen LogP contribution is -2.09. The van der Waals surface area contributed by atoms with Gasteiger partial charge in [-0.25, -0.2) is 9.59 Å². The third-order valence-corrected chi connectivity index (χ3v) is 9.03. The van der Waals surface area contributed by atoms with Crippen LogP contribution in [0.4, 0.5) is 17.1 Å². The summed E-state index contributed by atoms with van der Waals surface area (Å²) in [6.07, 6.45) is 4.36. The van der Waals surface area contributed by atoms with E-state index in [9.17, 15) is 9.59 Å². The summed E-state index contributed by atoms with van der Waals surface area (Å²) in [5.41, 5.74) is 11.4. The predicted molar refractivity (Wildman–Crippen MR) is 224 cm³/mol. The van der Waals surface area contributed by atoms with Gasteiger partial charge in [-0.05, 0) is 111 Å². The van der Waals surface area contributed by atoms with Crippen LogP contribution in [0.2, 0.25) is 0 Å². The molecule has 0 radical (unpaired) electrons. The Morgan fingerprint density at radius 3 is 1.13 bits per heavy atom. The summed E-state index contributed by atoms with van der Waals surface area (Å²) in [5, 5.41) is 0. The minimum atomic E-state index is -0.526. The van der Waals surface area contributed by atoms with Crippen LogP contribution in [0, 0.1) is 0 Å². The van der Waals surface area contributed by atoms with Crippen molar-refractivity contribution in [3.63, 3.8) is 0 Å². The first-order valence-corrected chi connectivity index (χ1v) is 17.8. The first-order chi connectivity index (χ1) is 27.0. The molecule has 0 unspecified atom stereocenters. The molecule has 0 atom stereocenters. The molecule has 0 spiro atoms.